The average Bonchev–Trinajstić information content (AvgIpc) is 2.70. The third kappa shape index (κ3) is 11.5. The van der Waals surface area contributed by atoms with Crippen molar-refractivity contribution in [2.75, 3.05) is 0 Å². The van der Waals surface area contributed by atoms with Crippen molar-refractivity contribution in [1.29, 1.82) is 0 Å². The molecule has 0 fully saturated rings. The quantitative estimate of drug-likeness (QED) is 0.162. The summed E-state index contributed by atoms with van der Waals surface area (Å²) in [6.07, 6.45) is 4.18. The average molecular weight is 489 g/mol. The number of aryl methyl sites for hydroxylation is 1. The topological polar surface area (TPSA) is 27.7 Å². The smallest absolute Gasteiger partial charge is 0.324 e. The fourth-order valence-corrected chi connectivity index (χ4v) is 4.27. The van der Waals surface area contributed by atoms with Crippen molar-refractivity contribution in [3.63, 3.8) is 0 Å². The zero-order chi connectivity index (χ0) is 25.8. The SMILES string of the molecule is CCCCCCCCC(CCc1cccc(C(F)(F)F)c1)C(OC(C)C)(OC(C)C)OC(C)C. The van der Waals surface area contributed by atoms with E-state index >= 15 is 0 Å². The minimum absolute atomic E-state index is 0.111. The molecule has 1 atom stereocenters. The Balaban J connectivity index is 3.15. The first-order valence-electron chi connectivity index (χ1n) is 13.1. The summed E-state index contributed by atoms with van der Waals surface area (Å²) < 4.78 is 58.7. The molecule has 34 heavy (non-hydrogen) atoms. The van der Waals surface area contributed by atoms with Crippen LogP contribution in [0.5, 0.6) is 0 Å². The molecule has 0 aliphatic carbocycles. The predicted molar refractivity (Wildman–Crippen MR) is 133 cm³/mol. The highest BCUT2D eigenvalue weighted by Crippen LogP contribution is 2.37. The lowest BCUT2D eigenvalue weighted by molar-refractivity contribution is -0.433. The van der Waals surface area contributed by atoms with Crippen LogP contribution in [0, 0.1) is 5.92 Å². The molecule has 0 amide bonds. The van der Waals surface area contributed by atoms with Crippen LogP contribution in [0.15, 0.2) is 24.3 Å². The van der Waals surface area contributed by atoms with Gasteiger partial charge in [0.2, 0.25) is 0 Å². The number of unbranched alkanes of at least 4 members (excludes halogenated alkanes) is 5. The van der Waals surface area contributed by atoms with E-state index in [0.29, 0.717) is 18.4 Å². The Morgan fingerprint density at radius 2 is 1.26 bits per heavy atom. The Hall–Kier alpha value is -1.11. The zero-order valence-corrected chi connectivity index (χ0v) is 22.3. The van der Waals surface area contributed by atoms with Gasteiger partial charge in [-0.2, -0.15) is 13.2 Å². The van der Waals surface area contributed by atoms with E-state index in [-0.39, 0.29) is 24.2 Å². The molecule has 0 N–H and O–H groups in total. The van der Waals surface area contributed by atoms with E-state index in [0.717, 1.165) is 25.3 Å². The van der Waals surface area contributed by atoms with Crippen LogP contribution >= 0.6 is 0 Å². The Morgan fingerprint density at radius 3 is 1.76 bits per heavy atom. The number of hydrogen-bond donors (Lipinski definition) is 0. The van der Waals surface area contributed by atoms with Crippen LogP contribution in [0.1, 0.15) is 111 Å². The van der Waals surface area contributed by atoms with E-state index in [1.165, 1.54) is 37.8 Å². The molecule has 0 saturated heterocycles. The van der Waals surface area contributed by atoms with E-state index < -0.39 is 17.7 Å². The summed E-state index contributed by atoms with van der Waals surface area (Å²) in [5.41, 5.74) is 0.0503. The molecular formula is C28H47F3O3. The van der Waals surface area contributed by atoms with Gasteiger partial charge in [-0.3, -0.25) is 0 Å². The molecule has 1 aromatic rings. The van der Waals surface area contributed by atoms with Gasteiger partial charge in [0.25, 0.3) is 5.97 Å². The molecule has 6 heteroatoms. The monoisotopic (exact) mass is 488 g/mol. The van der Waals surface area contributed by atoms with Crippen molar-refractivity contribution in [3.8, 4) is 0 Å². The van der Waals surface area contributed by atoms with Gasteiger partial charge in [0.05, 0.1) is 23.9 Å². The minimum Gasteiger partial charge on any atom is -0.324 e. The maximum absolute atomic E-state index is 13.2. The lowest BCUT2D eigenvalue weighted by Crippen LogP contribution is -2.51. The van der Waals surface area contributed by atoms with E-state index in [2.05, 4.69) is 6.92 Å². The van der Waals surface area contributed by atoms with E-state index in [1.807, 2.05) is 41.5 Å². The maximum Gasteiger partial charge on any atom is 0.416 e. The first kappa shape index (κ1) is 30.9. The van der Waals surface area contributed by atoms with Gasteiger partial charge in [-0.15, -0.1) is 0 Å². The molecule has 0 aliphatic heterocycles. The highest BCUT2D eigenvalue weighted by atomic mass is 19.4. The van der Waals surface area contributed by atoms with E-state index in [4.69, 9.17) is 14.2 Å². The van der Waals surface area contributed by atoms with Gasteiger partial charge in [0, 0.05) is 5.92 Å². The largest absolute Gasteiger partial charge is 0.416 e. The number of alkyl halides is 3. The summed E-state index contributed by atoms with van der Waals surface area (Å²) in [4.78, 5) is 0. The van der Waals surface area contributed by atoms with Crippen LogP contribution in [0.4, 0.5) is 13.2 Å². The van der Waals surface area contributed by atoms with Crippen LogP contribution in [0.25, 0.3) is 0 Å². The molecule has 0 aromatic heterocycles. The third-order valence-corrected chi connectivity index (χ3v) is 5.64. The highest BCUT2D eigenvalue weighted by Gasteiger charge is 2.44. The Kier molecular flexibility index (Phi) is 13.7. The summed E-state index contributed by atoms with van der Waals surface area (Å²) in [7, 11) is 0. The van der Waals surface area contributed by atoms with Crippen LogP contribution < -0.4 is 0 Å². The van der Waals surface area contributed by atoms with Crippen molar-refractivity contribution in [2.45, 2.75) is 137 Å². The molecule has 0 bridgehead atoms. The minimum atomic E-state index is -4.35. The van der Waals surface area contributed by atoms with E-state index in [1.54, 1.807) is 6.07 Å². The molecule has 1 unspecified atom stereocenters. The first-order valence-corrected chi connectivity index (χ1v) is 13.1. The van der Waals surface area contributed by atoms with Gasteiger partial charge in [-0.1, -0.05) is 63.6 Å². The number of benzene rings is 1. The molecular weight excluding hydrogens is 441 g/mol. The van der Waals surface area contributed by atoms with Gasteiger partial charge < -0.3 is 14.2 Å². The number of rotatable bonds is 17. The molecule has 0 aliphatic rings. The molecule has 0 heterocycles. The van der Waals surface area contributed by atoms with Crippen molar-refractivity contribution in [2.24, 2.45) is 5.92 Å². The lowest BCUT2D eigenvalue weighted by Gasteiger charge is -2.43. The van der Waals surface area contributed by atoms with Crippen molar-refractivity contribution < 1.29 is 27.4 Å². The predicted octanol–water partition coefficient (Wildman–Crippen LogP) is 8.93. The van der Waals surface area contributed by atoms with Crippen molar-refractivity contribution >= 4 is 0 Å². The number of ether oxygens (including phenoxy) is 3. The van der Waals surface area contributed by atoms with E-state index in [9.17, 15) is 13.2 Å². The third-order valence-electron chi connectivity index (χ3n) is 5.64. The fourth-order valence-electron chi connectivity index (χ4n) is 4.27. The van der Waals surface area contributed by atoms with Crippen molar-refractivity contribution in [3.05, 3.63) is 35.4 Å². The van der Waals surface area contributed by atoms with Crippen LogP contribution in [0.3, 0.4) is 0 Å². The maximum atomic E-state index is 13.2. The molecule has 0 saturated carbocycles. The molecule has 1 aromatic carbocycles. The standard InChI is InChI=1S/C28H47F3O3/c1-8-9-10-11-12-13-16-25(19-18-24-15-14-17-26(20-24)27(29,30)31)28(32-21(2)3,33-22(4)5)34-23(6)7/h14-15,17,20-23,25H,8-13,16,18-19H2,1-7H3. The number of hydrogen-bond acceptors (Lipinski definition) is 3. The summed E-state index contributed by atoms with van der Waals surface area (Å²) in [6.45, 7) is 13.9. The van der Waals surface area contributed by atoms with Gasteiger partial charge in [0.1, 0.15) is 0 Å². The Morgan fingerprint density at radius 1 is 0.735 bits per heavy atom. The second kappa shape index (κ2) is 15.1. The van der Waals surface area contributed by atoms with Crippen molar-refractivity contribution in [1.82, 2.24) is 0 Å². The van der Waals surface area contributed by atoms with Crippen LogP contribution in [0.2, 0.25) is 0 Å². The summed E-state index contributed by atoms with van der Waals surface area (Å²) in [6, 6.07) is 5.61. The van der Waals surface area contributed by atoms with Gasteiger partial charge in [-0.05, 0) is 72.4 Å². The zero-order valence-electron chi connectivity index (χ0n) is 22.3. The molecule has 3 nitrogen and oxygen atoms in total. The van der Waals surface area contributed by atoms with Crippen LogP contribution in [-0.2, 0) is 26.8 Å². The molecule has 198 valence electrons. The first-order chi connectivity index (χ1) is 15.9. The Labute approximate surface area is 205 Å². The molecule has 0 radical (unpaired) electrons. The van der Waals surface area contributed by atoms with Gasteiger partial charge in [-0.25, -0.2) is 0 Å². The Bertz CT molecular complexity index is 645. The summed E-state index contributed by atoms with van der Waals surface area (Å²) in [5.74, 6) is -1.35. The molecule has 1 rings (SSSR count). The molecule has 0 spiro atoms. The number of halogens is 3. The fraction of sp³-hybridized carbons (Fsp3) is 0.786. The summed E-state index contributed by atoms with van der Waals surface area (Å²) >= 11 is 0. The second-order valence-corrected chi connectivity index (χ2v) is 10.1. The normalized spacial score (nSPS) is 13.9. The summed E-state index contributed by atoms with van der Waals surface area (Å²) in [5, 5.41) is 0. The lowest BCUT2D eigenvalue weighted by atomic mass is 9.90. The highest BCUT2D eigenvalue weighted by molar-refractivity contribution is 5.25. The van der Waals surface area contributed by atoms with Gasteiger partial charge in [0.15, 0.2) is 0 Å². The second-order valence-electron chi connectivity index (χ2n) is 10.1. The van der Waals surface area contributed by atoms with Gasteiger partial charge >= 0.3 is 6.18 Å². The van der Waals surface area contributed by atoms with Crippen LogP contribution in [-0.4, -0.2) is 24.3 Å².